The maximum absolute atomic E-state index is 5.49. The van der Waals surface area contributed by atoms with Crippen LogP contribution in [0.25, 0.3) is 0 Å². The highest BCUT2D eigenvalue weighted by Gasteiger charge is 2.53. The van der Waals surface area contributed by atoms with E-state index in [1.807, 2.05) is 0 Å². The Hall–Kier alpha value is -0.820. The molecule has 3 aliphatic carbocycles. The molecule has 54 valence electrons. The van der Waals surface area contributed by atoms with Gasteiger partial charge in [-0.25, -0.2) is 0 Å². The number of epoxide rings is 1. The van der Waals surface area contributed by atoms with Gasteiger partial charge in [0.1, 0.15) is 6.10 Å². The van der Waals surface area contributed by atoms with E-state index in [0.717, 1.165) is 0 Å². The Balaban J connectivity index is 2.08. The highest BCUT2D eigenvalue weighted by Crippen LogP contribution is 2.55. The molecule has 2 fully saturated rings. The fourth-order valence-corrected chi connectivity index (χ4v) is 2.63. The van der Waals surface area contributed by atoms with Crippen molar-refractivity contribution < 1.29 is 4.74 Å². The van der Waals surface area contributed by atoms with E-state index in [9.17, 15) is 0 Å². The maximum atomic E-state index is 5.49. The third kappa shape index (κ3) is 0.405. The van der Waals surface area contributed by atoms with Crippen LogP contribution >= 0.6 is 0 Å². The van der Waals surface area contributed by atoms with Crippen molar-refractivity contribution in [3.05, 3.63) is 34.4 Å². The lowest BCUT2D eigenvalue weighted by atomic mass is 10.0. The minimum atomic E-state index is 0.516. The normalized spacial score (nSPS) is 42.2. The molecular weight excluding hydrogens is 136 g/mol. The van der Waals surface area contributed by atoms with Crippen molar-refractivity contribution in [1.29, 1.82) is 0 Å². The maximum Gasteiger partial charge on any atom is 0.110 e. The van der Waals surface area contributed by atoms with Crippen LogP contribution < -0.4 is 0 Å². The van der Waals surface area contributed by atoms with Crippen LogP contribution in [0.4, 0.5) is 0 Å². The molecule has 1 heterocycles. The fourth-order valence-electron chi connectivity index (χ4n) is 2.63. The Kier molecular flexibility index (Phi) is 0.561. The van der Waals surface area contributed by atoms with Gasteiger partial charge in [-0.2, -0.15) is 0 Å². The molecule has 2 unspecified atom stereocenters. The molecule has 0 aromatic carbocycles. The summed E-state index contributed by atoms with van der Waals surface area (Å²) in [6.45, 7) is 0. The van der Waals surface area contributed by atoms with E-state index in [1.165, 1.54) is 12.8 Å². The first-order valence-corrected chi connectivity index (χ1v) is 4.22. The van der Waals surface area contributed by atoms with Crippen LogP contribution in [0.15, 0.2) is 34.4 Å². The van der Waals surface area contributed by atoms with Crippen LogP contribution in [0.3, 0.4) is 0 Å². The smallest absolute Gasteiger partial charge is 0.110 e. The molecule has 1 aliphatic heterocycles. The molecule has 2 atom stereocenters. The van der Waals surface area contributed by atoms with Crippen molar-refractivity contribution in [3.63, 3.8) is 0 Å². The van der Waals surface area contributed by atoms with Gasteiger partial charge in [-0.05, 0) is 28.7 Å². The molecule has 4 aliphatic rings. The number of hydrogen-bond donors (Lipinski definition) is 0. The molecule has 1 saturated carbocycles. The second kappa shape index (κ2) is 1.25. The quantitative estimate of drug-likeness (QED) is 0.471. The second-order valence-electron chi connectivity index (χ2n) is 3.75. The molecule has 4 rings (SSSR count). The van der Waals surface area contributed by atoms with Gasteiger partial charge in [0.15, 0.2) is 0 Å². The van der Waals surface area contributed by atoms with Gasteiger partial charge in [0.05, 0.1) is 6.10 Å². The Morgan fingerprint density at radius 3 is 3.09 bits per heavy atom. The van der Waals surface area contributed by atoms with E-state index < -0.39 is 0 Å². The minimum Gasteiger partial charge on any atom is -0.364 e. The molecule has 0 amide bonds. The largest absolute Gasteiger partial charge is 0.364 e. The minimum absolute atomic E-state index is 0.516. The zero-order chi connectivity index (χ0) is 7.00. The van der Waals surface area contributed by atoms with Gasteiger partial charge >= 0.3 is 0 Å². The number of ether oxygens (including phenoxy) is 1. The van der Waals surface area contributed by atoms with Crippen LogP contribution in [-0.2, 0) is 4.74 Å². The second-order valence-corrected chi connectivity index (χ2v) is 3.75. The first-order valence-electron chi connectivity index (χ1n) is 4.22. The Morgan fingerprint density at radius 1 is 1.27 bits per heavy atom. The first-order chi connectivity index (χ1) is 5.43. The van der Waals surface area contributed by atoms with E-state index in [0.29, 0.717) is 12.2 Å². The van der Waals surface area contributed by atoms with Crippen molar-refractivity contribution in [3.8, 4) is 0 Å². The summed E-state index contributed by atoms with van der Waals surface area (Å²) >= 11 is 0. The van der Waals surface area contributed by atoms with E-state index in [4.69, 9.17) is 4.74 Å². The number of fused-ring (bicyclic) bond motifs is 5. The summed E-state index contributed by atoms with van der Waals surface area (Å²) in [5, 5.41) is 0. The Labute approximate surface area is 65.0 Å². The number of hydrogen-bond acceptors (Lipinski definition) is 1. The molecule has 2 bridgehead atoms. The van der Waals surface area contributed by atoms with E-state index >= 15 is 0 Å². The molecule has 0 radical (unpaired) electrons. The van der Waals surface area contributed by atoms with Gasteiger partial charge in [-0.3, -0.25) is 0 Å². The summed E-state index contributed by atoms with van der Waals surface area (Å²) < 4.78 is 5.49. The van der Waals surface area contributed by atoms with E-state index in [-0.39, 0.29) is 0 Å². The monoisotopic (exact) mass is 144 g/mol. The lowest BCUT2D eigenvalue weighted by molar-refractivity contribution is 0.371. The predicted molar refractivity (Wildman–Crippen MR) is 41.1 cm³/mol. The summed E-state index contributed by atoms with van der Waals surface area (Å²) in [6, 6.07) is 0. The Morgan fingerprint density at radius 2 is 2.18 bits per heavy atom. The third-order valence-electron chi connectivity index (χ3n) is 3.20. The highest BCUT2D eigenvalue weighted by atomic mass is 16.6. The lowest BCUT2D eigenvalue weighted by Gasteiger charge is -2.03. The molecule has 0 N–H and O–H groups in total. The molecule has 0 aromatic rings. The average Bonchev–Trinajstić information content (AvgIpc) is 2.53. The molecule has 1 saturated heterocycles. The van der Waals surface area contributed by atoms with Crippen molar-refractivity contribution >= 4 is 0 Å². The topological polar surface area (TPSA) is 12.5 Å². The molecule has 0 spiro atoms. The van der Waals surface area contributed by atoms with Gasteiger partial charge in [0, 0.05) is 6.42 Å². The summed E-state index contributed by atoms with van der Waals surface area (Å²) in [7, 11) is 0. The van der Waals surface area contributed by atoms with Crippen LogP contribution in [-0.4, -0.2) is 12.2 Å². The highest BCUT2D eigenvalue weighted by molar-refractivity contribution is 5.65. The zero-order valence-corrected chi connectivity index (χ0v) is 6.13. The zero-order valence-electron chi connectivity index (χ0n) is 6.13. The summed E-state index contributed by atoms with van der Waals surface area (Å²) in [5.41, 5.74) is 6.31. The van der Waals surface area contributed by atoms with Crippen LogP contribution in [0.2, 0.25) is 0 Å². The molecule has 1 nitrogen and oxygen atoms in total. The van der Waals surface area contributed by atoms with Crippen molar-refractivity contribution in [2.24, 2.45) is 0 Å². The molecular formula is C10H8O. The van der Waals surface area contributed by atoms with Crippen LogP contribution in [0, 0.1) is 0 Å². The molecule has 0 aromatic heterocycles. The van der Waals surface area contributed by atoms with Crippen molar-refractivity contribution in [2.45, 2.75) is 25.0 Å². The first kappa shape index (κ1) is 4.94. The van der Waals surface area contributed by atoms with Gasteiger partial charge in [-0.1, -0.05) is 12.2 Å². The predicted octanol–water partition coefficient (Wildman–Crippen LogP) is 1.72. The lowest BCUT2D eigenvalue weighted by Crippen LogP contribution is -1.91. The van der Waals surface area contributed by atoms with E-state index in [2.05, 4.69) is 12.2 Å². The number of rotatable bonds is 0. The van der Waals surface area contributed by atoms with Gasteiger partial charge in [0.2, 0.25) is 0 Å². The summed E-state index contributed by atoms with van der Waals surface area (Å²) in [4.78, 5) is 0. The third-order valence-corrected chi connectivity index (χ3v) is 3.20. The van der Waals surface area contributed by atoms with E-state index in [1.54, 1.807) is 22.3 Å². The van der Waals surface area contributed by atoms with Crippen LogP contribution in [0.5, 0.6) is 0 Å². The van der Waals surface area contributed by atoms with Crippen LogP contribution in [0.1, 0.15) is 12.8 Å². The fraction of sp³-hybridized carbons (Fsp3) is 0.400. The van der Waals surface area contributed by atoms with Gasteiger partial charge < -0.3 is 4.74 Å². The molecule has 11 heavy (non-hydrogen) atoms. The number of allylic oxidation sites excluding steroid dienone is 4. The standard InChI is InChI=1S/C10H8O/c1-2-6-3-5(1)7-4-8-10(11-8)9(6)7/h1-2,8,10H,3-4H2. The summed E-state index contributed by atoms with van der Waals surface area (Å²) in [6.07, 6.45) is 8.03. The SMILES string of the molecule is C1=CC2=C3C(=C1C2)CC1OC31. The van der Waals surface area contributed by atoms with Crippen molar-refractivity contribution in [1.82, 2.24) is 0 Å². The van der Waals surface area contributed by atoms with Crippen molar-refractivity contribution in [2.75, 3.05) is 0 Å². The summed E-state index contributed by atoms with van der Waals surface area (Å²) in [5.74, 6) is 0. The molecule has 1 heteroatoms. The van der Waals surface area contributed by atoms with Gasteiger partial charge in [-0.15, -0.1) is 0 Å². The average molecular weight is 144 g/mol. The van der Waals surface area contributed by atoms with Gasteiger partial charge in [0.25, 0.3) is 0 Å². The Bertz CT molecular complexity index is 357.